The Kier molecular flexibility index (Phi) is 5.50. The van der Waals surface area contributed by atoms with Gasteiger partial charge in [0.05, 0.1) is 6.42 Å². The molecule has 21 heavy (non-hydrogen) atoms. The Hall–Kier alpha value is -3.30. The first-order chi connectivity index (χ1) is 10.0. The molecule has 6 heteroatoms. The van der Waals surface area contributed by atoms with Gasteiger partial charge in [0.1, 0.15) is 23.9 Å². The molecule has 1 amide bonds. The molecule has 0 aliphatic carbocycles. The van der Waals surface area contributed by atoms with E-state index in [1.165, 1.54) is 4.90 Å². The van der Waals surface area contributed by atoms with Gasteiger partial charge in [0.25, 0.3) is 0 Å². The van der Waals surface area contributed by atoms with E-state index in [1.807, 2.05) is 0 Å². The highest BCUT2D eigenvalue weighted by atomic mass is 16.2. The topological polar surface area (TPSA) is 104 Å². The van der Waals surface area contributed by atoms with E-state index >= 15 is 0 Å². The van der Waals surface area contributed by atoms with Crippen LogP contribution in [-0.2, 0) is 11.2 Å². The summed E-state index contributed by atoms with van der Waals surface area (Å²) in [6.07, 6.45) is 0.156. The average molecular weight is 279 g/mol. The Morgan fingerprint density at radius 1 is 1.14 bits per heavy atom. The molecule has 0 heterocycles. The summed E-state index contributed by atoms with van der Waals surface area (Å²) in [5.74, 6) is -0.0903. The molecule has 1 rings (SSSR count). The van der Waals surface area contributed by atoms with E-state index in [0.29, 0.717) is 11.3 Å². The van der Waals surface area contributed by atoms with Gasteiger partial charge in [-0.15, -0.1) is 0 Å². The highest BCUT2D eigenvalue weighted by Gasteiger charge is 2.12. The maximum absolute atomic E-state index is 11.8. The quantitative estimate of drug-likeness (QED) is 0.842. The van der Waals surface area contributed by atoms with E-state index in [0.717, 1.165) is 0 Å². The molecule has 0 unspecified atom stereocenters. The maximum atomic E-state index is 11.8. The van der Waals surface area contributed by atoms with Crippen LogP contribution < -0.4 is 5.32 Å². The molecule has 1 aromatic rings. The van der Waals surface area contributed by atoms with Gasteiger partial charge in [0.2, 0.25) is 5.91 Å². The van der Waals surface area contributed by atoms with E-state index in [4.69, 9.17) is 15.8 Å². The number of para-hydroxylation sites is 1. The zero-order valence-electron chi connectivity index (χ0n) is 11.7. The lowest BCUT2D eigenvalue weighted by atomic mass is 10.1. The predicted octanol–water partition coefficient (Wildman–Crippen LogP) is 1.55. The molecule has 104 valence electrons. The number of carbonyl (C=O) groups excluding carboxylic acids is 1. The van der Waals surface area contributed by atoms with Crippen molar-refractivity contribution in [1.82, 2.24) is 4.90 Å². The van der Waals surface area contributed by atoms with E-state index in [9.17, 15) is 4.79 Å². The summed E-state index contributed by atoms with van der Waals surface area (Å²) in [5.41, 5.74) is 0.766. The van der Waals surface area contributed by atoms with Crippen molar-refractivity contribution in [3.8, 4) is 18.2 Å². The third-order valence-electron chi connectivity index (χ3n) is 2.70. The number of likely N-dealkylation sites (N-methyl/N-ethyl adjacent to an activating group) is 1. The van der Waals surface area contributed by atoms with Gasteiger partial charge in [0.15, 0.2) is 5.57 Å². The molecular formula is C15H13N5O. The number of benzene rings is 1. The number of nitrogens with zero attached hydrogens (tertiary/aromatic N) is 4. The summed E-state index contributed by atoms with van der Waals surface area (Å²) in [6, 6.07) is 12.0. The van der Waals surface area contributed by atoms with Crippen LogP contribution >= 0.6 is 0 Å². The van der Waals surface area contributed by atoms with Crippen molar-refractivity contribution < 1.29 is 4.79 Å². The normalized spacial score (nSPS) is 8.71. The Morgan fingerprint density at radius 3 is 2.29 bits per heavy atom. The highest BCUT2D eigenvalue weighted by molar-refractivity contribution is 5.80. The molecule has 0 aliphatic rings. The standard InChI is InChI=1S/C15H13N5O/c1-20(2)15(21)7-11-5-3-4-6-13(11)19-14(10-18)12(8-16)9-17/h3-6,19H,7H2,1-2H3. The summed E-state index contributed by atoms with van der Waals surface area (Å²) in [7, 11) is 3.31. The van der Waals surface area contributed by atoms with E-state index < -0.39 is 0 Å². The SMILES string of the molecule is CN(C)C(=O)Cc1ccccc1NC(C#N)=C(C#N)C#N. The number of allylic oxidation sites excluding steroid dienone is 2. The minimum absolute atomic E-state index is 0.0903. The van der Waals surface area contributed by atoms with Crippen molar-refractivity contribution in [2.45, 2.75) is 6.42 Å². The molecule has 1 N–H and O–H groups in total. The fraction of sp³-hybridized carbons (Fsp3) is 0.200. The Balaban J connectivity index is 3.14. The van der Waals surface area contributed by atoms with Gasteiger partial charge >= 0.3 is 0 Å². The molecule has 0 spiro atoms. The van der Waals surface area contributed by atoms with Gasteiger partial charge in [-0.25, -0.2) is 0 Å². The van der Waals surface area contributed by atoms with Crippen molar-refractivity contribution in [3.63, 3.8) is 0 Å². The zero-order valence-corrected chi connectivity index (χ0v) is 11.7. The second-order valence-corrected chi connectivity index (χ2v) is 4.33. The Labute approximate surface area is 123 Å². The monoisotopic (exact) mass is 279 g/mol. The minimum Gasteiger partial charge on any atom is -0.349 e. The van der Waals surface area contributed by atoms with Crippen molar-refractivity contribution in [3.05, 3.63) is 41.1 Å². The lowest BCUT2D eigenvalue weighted by molar-refractivity contribution is -0.127. The smallest absolute Gasteiger partial charge is 0.226 e. The van der Waals surface area contributed by atoms with Gasteiger partial charge in [-0.3, -0.25) is 4.79 Å². The fourth-order valence-electron chi connectivity index (χ4n) is 1.54. The Bertz CT molecular complexity index is 682. The van der Waals surface area contributed by atoms with Crippen LogP contribution in [0.3, 0.4) is 0 Å². The molecule has 0 atom stereocenters. The van der Waals surface area contributed by atoms with Crippen molar-refractivity contribution in [2.24, 2.45) is 0 Å². The average Bonchev–Trinajstić information content (AvgIpc) is 2.48. The molecule has 0 saturated carbocycles. The summed E-state index contributed by atoms with van der Waals surface area (Å²) in [5, 5.41) is 29.4. The number of rotatable bonds is 4. The predicted molar refractivity (Wildman–Crippen MR) is 76.3 cm³/mol. The van der Waals surface area contributed by atoms with Gasteiger partial charge in [0, 0.05) is 19.8 Å². The highest BCUT2D eigenvalue weighted by Crippen LogP contribution is 2.19. The maximum Gasteiger partial charge on any atom is 0.226 e. The third-order valence-corrected chi connectivity index (χ3v) is 2.70. The number of amides is 1. The number of hydrogen-bond donors (Lipinski definition) is 1. The number of nitrogens with one attached hydrogen (secondary N) is 1. The van der Waals surface area contributed by atoms with E-state index in [1.54, 1.807) is 56.6 Å². The van der Waals surface area contributed by atoms with Crippen molar-refractivity contribution in [2.75, 3.05) is 19.4 Å². The van der Waals surface area contributed by atoms with Gasteiger partial charge < -0.3 is 10.2 Å². The third kappa shape index (κ3) is 4.09. The van der Waals surface area contributed by atoms with Crippen LogP contribution in [-0.4, -0.2) is 24.9 Å². The van der Waals surface area contributed by atoms with Gasteiger partial charge in [-0.05, 0) is 11.6 Å². The molecule has 0 fully saturated rings. The fourth-order valence-corrected chi connectivity index (χ4v) is 1.54. The number of carbonyl (C=O) groups is 1. The minimum atomic E-state index is -0.300. The number of hydrogen-bond acceptors (Lipinski definition) is 5. The molecule has 0 saturated heterocycles. The molecule has 0 aromatic heterocycles. The zero-order chi connectivity index (χ0) is 15.8. The largest absolute Gasteiger partial charge is 0.349 e. The summed E-state index contributed by atoms with van der Waals surface area (Å²) >= 11 is 0. The molecular weight excluding hydrogens is 266 g/mol. The van der Waals surface area contributed by atoms with Crippen LogP contribution in [0.15, 0.2) is 35.5 Å². The lowest BCUT2D eigenvalue weighted by Gasteiger charge is -2.14. The van der Waals surface area contributed by atoms with Crippen LogP contribution in [0.1, 0.15) is 5.56 Å². The van der Waals surface area contributed by atoms with Crippen LogP contribution in [0, 0.1) is 34.0 Å². The van der Waals surface area contributed by atoms with Crippen LogP contribution in [0.2, 0.25) is 0 Å². The summed E-state index contributed by atoms with van der Waals surface area (Å²) < 4.78 is 0. The Morgan fingerprint density at radius 2 is 1.76 bits per heavy atom. The van der Waals surface area contributed by atoms with Crippen LogP contribution in [0.4, 0.5) is 5.69 Å². The molecule has 0 bridgehead atoms. The summed E-state index contributed by atoms with van der Waals surface area (Å²) in [4.78, 5) is 13.2. The molecule has 0 aliphatic heterocycles. The number of anilines is 1. The molecule has 1 aromatic carbocycles. The molecule has 6 nitrogen and oxygen atoms in total. The number of nitriles is 3. The van der Waals surface area contributed by atoms with Crippen molar-refractivity contribution in [1.29, 1.82) is 15.8 Å². The second-order valence-electron chi connectivity index (χ2n) is 4.33. The van der Waals surface area contributed by atoms with Crippen LogP contribution in [0.25, 0.3) is 0 Å². The van der Waals surface area contributed by atoms with Crippen LogP contribution in [0.5, 0.6) is 0 Å². The van der Waals surface area contributed by atoms with E-state index in [-0.39, 0.29) is 23.6 Å². The first kappa shape index (κ1) is 15.8. The van der Waals surface area contributed by atoms with Gasteiger partial charge in [-0.2, -0.15) is 15.8 Å². The van der Waals surface area contributed by atoms with E-state index in [2.05, 4.69) is 5.32 Å². The second kappa shape index (κ2) is 7.33. The summed E-state index contributed by atoms with van der Waals surface area (Å²) in [6.45, 7) is 0. The molecule has 0 radical (unpaired) electrons. The van der Waals surface area contributed by atoms with Crippen molar-refractivity contribution >= 4 is 11.6 Å². The first-order valence-electron chi connectivity index (χ1n) is 6.03. The van der Waals surface area contributed by atoms with Gasteiger partial charge in [-0.1, -0.05) is 18.2 Å². The first-order valence-corrected chi connectivity index (χ1v) is 6.03. The lowest BCUT2D eigenvalue weighted by Crippen LogP contribution is -2.23.